The summed E-state index contributed by atoms with van der Waals surface area (Å²) in [4.78, 5) is 28.4. The van der Waals surface area contributed by atoms with Gasteiger partial charge in [-0.15, -0.1) is 0 Å². The van der Waals surface area contributed by atoms with E-state index < -0.39 is 17.8 Å². The van der Waals surface area contributed by atoms with Crippen molar-refractivity contribution in [3.8, 4) is 0 Å². The van der Waals surface area contributed by atoms with Crippen LogP contribution in [0.1, 0.15) is 52.0 Å². The maximum atomic E-state index is 12.9. The fraction of sp³-hybridized carbons (Fsp3) is 0.636. The summed E-state index contributed by atoms with van der Waals surface area (Å²) in [7, 11) is 0. The van der Waals surface area contributed by atoms with E-state index in [4.69, 9.17) is 0 Å². The maximum Gasteiger partial charge on any atom is 0.416 e. The molecule has 1 aliphatic heterocycles. The van der Waals surface area contributed by atoms with E-state index in [1.54, 1.807) is 11.0 Å². The van der Waals surface area contributed by atoms with E-state index in [-0.39, 0.29) is 11.8 Å². The van der Waals surface area contributed by atoms with Crippen LogP contribution in [0.15, 0.2) is 24.3 Å². The van der Waals surface area contributed by atoms with E-state index in [0.717, 1.165) is 37.8 Å². The highest BCUT2D eigenvalue weighted by Gasteiger charge is 2.31. The SMILES string of the molecule is CCC[C@@H](CCC(C)C)C(=O)NC(=O)N1CCN(c2cccc(C(F)(F)F)c2)CC1. The number of piperazine rings is 1. The third-order valence-electron chi connectivity index (χ3n) is 5.44. The molecule has 5 nitrogen and oxygen atoms in total. The topological polar surface area (TPSA) is 52.7 Å². The molecule has 0 aromatic heterocycles. The summed E-state index contributed by atoms with van der Waals surface area (Å²) in [6.45, 7) is 7.75. The van der Waals surface area contributed by atoms with E-state index >= 15 is 0 Å². The molecule has 0 unspecified atom stereocenters. The van der Waals surface area contributed by atoms with Crippen molar-refractivity contribution < 1.29 is 22.8 Å². The average Bonchev–Trinajstić information content (AvgIpc) is 2.70. The maximum absolute atomic E-state index is 12.9. The van der Waals surface area contributed by atoms with Crippen molar-refractivity contribution in [1.29, 1.82) is 0 Å². The Kier molecular flexibility index (Phi) is 8.55. The summed E-state index contributed by atoms with van der Waals surface area (Å²) < 4.78 is 38.8. The Morgan fingerprint density at radius 3 is 2.30 bits per heavy atom. The smallest absolute Gasteiger partial charge is 0.368 e. The molecule has 0 saturated carbocycles. The number of imide groups is 1. The van der Waals surface area contributed by atoms with E-state index in [1.807, 2.05) is 11.8 Å². The first-order valence-corrected chi connectivity index (χ1v) is 10.6. The number of rotatable bonds is 7. The van der Waals surface area contributed by atoms with Gasteiger partial charge < -0.3 is 9.80 Å². The molecule has 30 heavy (non-hydrogen) atoms. The standard InChI is InChI=1S/C22H32F3N3O2/c1-4-6-17(10-9-16(2)3)20(29)26-21(30)28-13-11-27(12-14-28)19-8-5-7-18(15-19)22(23,24)25/h5,7-8,15-17H,4,6,9-14H2,1-3H3,(H,26,29,30)/t17-/m0/s1. The van der Waals surface area contributed by atoms with Crippen molar-refractivity contribution in [2.24, 2.45) is 11.8 Å². The quantitative estimate of drug-likeness (QED) is 0.672. The second-order valence-corrected chi connectivity index (χ2v) is 8.27. The Morgan fingerprint density at radius 1 is 1.07 bits per heavy atom. The Morgan fingerprint density at radius 2 is 1.73 bits per heavy atom. The van der Waals surface area contributed by atoms with Gasteiger partial charge in [-0.3, -0.25) is 10.1 Å². The lowest BCUT2D eigenvalue weighted by Crippen LogP contribution is -2.53. The van der Waals surface area contributed by atoms with Gasteiger partial charge in [-0.05, 0) is 37.0 Å². The Hall–Kier alpha value is -2.25. The van der Waals surface area contributed by atoms with Gasteiger partial charge in [0.15, 0.2) is 0 Å². The predicted molar refractivity (Wildman–Crippen MR) is 111 cm³/mol. The molecule has 1 saturated heterocycles. The molecular formula is C22H32F3N3O2. The Bertz CT molecular complexity index is 714. The zero-order valence-corrected chi connectivity index (χ0v) is 18.0. The van der Waals surface area contributed by atoms with Crippen molar-refractivity contribution in [2.45, 2.75) is 52.6 Å². The zero-order chi connectivity index (χ0) is 22.3. The van der Waals surface area contributed by atoms with E-state index in [1.165, 1.54) is 6.07 Å². The van der Waals surface area contributed by atoms with Gasteiger partial charge in [-0.1, -0.05) is 39.7 Å². The van der Waals surface area contributed by atoms with Gasteiger partial charge >= 0.3 is 12.2 Å². The highest BCUT2D eigenvalue weighted by Crippen LogP contribution is 2.31. The van der Waals surface area contributed by atoms with Crippen LogP contribution in [0.3, 0.4) is 0 Å². The minimum Gasteiger partial charge on any atom is -0.368 e. The number of anilines is 1. The zero-order valence-electron chi connectivity index (χ0n) is 18.0. The van der Waals surface area contributed by atoms with Gasteiger partial charge in [-0.25, -0.2) is 4.79 Å². The number of nitrogens with one attached hydrogen (secondary N) is 1. The molecule has 1 aromatic carbocycles. The minimum absolute atomic E-state index is 0.173. The number of halogens is 3. The number of alkyl halides is 3. The van der Waals surface area contributed by atoms with Gasteiger partial charge in [0.2, 0.25) is 5.91 Å². The lowest BCUT2D eigenvalue weighted by molar-refractivity contribution is -0.137. The summed E-state index contributed by atoms with van der Waals surface area (Å²) in [6.07, 6.45) is -1.08. The number of hydrogen-bond acceptors (Lipinski definition) is 3. The second kappa shape index (κ2) is 10.7. The average molecular weight is 428 g/mol. The van der Waals surface area contributed by atoms with Crippen molar-refractivity contribution in [3.05, 3.63) is 29.8 Å². The molecule has 1 N–H and O–H groups in total. The number of benzene rings is 1. The van der Waals surface area contributed by atoms with Crippen LogP contribution in [0.2, 0.25) is 0 Å². The summed E-state index contributed by atoms with van der Waals surface area (Å²) >= 11 is 0. The number of amides is 3. The molecule has 1 aliphatic rings. The van der Waals surface area contributed by atoms with Crippen molar-refractivity contribution in [1.82, 2.24) is 10.2 Å². The lowest BCUT2D eigenvalue weighted by Gasteiger charge is -2.36. The molecule has 1 aromatic rings. The van der Waals surface area contributed by atoms with Crippen LogP contribution >= 0.6 is 0 Å². The number of urea groups is 1. The first-order valence-electron chi connectivity index (χ1n) is 10.6. The van der Waals surface area contributed by atoms with Gasteiger partial charge in [-0.2, -0.15) is 13.2 Å². The lowest BCUT2D eigenvalue weighted by atomic mass is 9.93. The van der Waals surface area contributed by atoms with Crippen LogP contribution in [-0.2, 0) is 11.0 Å². The monoisotopic (exact) mass is 427 g/mol. The predicted octanol–water partition coefficient (Wildman–Crippen LogP) is 4.92. The molecule has 8 heteroatoms. The van der Waals surface area contributed by atoms with Gasteiger partial charge in [0.25, 0.3) is 0 Å². The third kappa shape index (κ3) is 6.92. The Balaban J connectivity index is 1.90. The number of nitrogens with zero attached hydrogens (tertiary/aromatic N) is 2. The van der Waals surface area contributed by atoms with Crippen LogP contribution in [0.5, 0.6) is 0 Å². The summed E-state index contributed by atoms with van der Waals surface area (Å²) in [6, 6.07) is 4.78. The fourth-order valence-corrected chi connectivity index (χ4v) is 3.62. The highest BCUT2D eigenvalue weighted by molar-refractivity contribution is 5.95. The fourth-order valence-electron chi connectivity index (χ4n) is 3.62. The third-order valence-corrected chi connectivity index (χ3v) is 5.44. The van der Waals surface area contributed by atoms with Crippen molar-refractivity contribution in [2.75, 3.05) is 31.1 Å². The first-order chi connectivity index (χ1) is 14.1. The molecule has 0 radical (unpaired) electrons. The molecule has 2 rings (SSSR count). The molecule has 1 heterocycles. The minimum atomic E-state index is -4.39. The molecule has 1 atom stereocenters. The van der Waals surface area contributed by atoms with Crippen LogP contribution in [0.4, 0.5) is 23.7 Å². The van der Waals surface area contributed by atoms with Crippen LogP contribution in [-0.4, -0.2) is 43.0 Å². The van der Waals surface area contributed by atoms with Gasteiger partial charge in [0.1, 0.15) is 0 Å². The molecule has 1 fully saturated rings. The highest BCUT2D eigenvalue weighted by atomic mass is 19.4. The molecular weight excluding hydrogens is 395 g/mol. The summed E-state index contributed by atoms with van der Waals surface area (Å²) in [5.41, 5.74) is -0.202. The molecule has 0 spiro atoms. The van der Waals surface area contributed by atoms with Crippen molar-refractivity contribution >= 4 is 17.6 Å². The van der Waals surface area contributed by atoms with Gasteiger partial charge in [0, 0.05) is 37.8 Å². The van der Waals surface area contributed by atoms with Crippen molar-refractivity contribution in [3.63, 3.8) is 0 Å². The van der Waals surface area contributed by atoms with Crippen LogP contribution in [0.25, 0.3) is 0 Å². The van der Waals surface area contributed by atoms with E-state index in [2.05, 4.69) is 19.2 Å². The first kappa shape index (κ1) is 24.0. The molecule has 0 bridgehead atoms. The second-order valence-electron chi connectivity index (χ2n) is 8.27. The number of hydrogen-bond donors (Lipinski definition) is 1. The van der Waals surface area contributed by atoms with E-state index in [9.17, 15) is 22.8 Å². The van der Waals surface area contributed by atoms with Crippen LogP contribution < -0.4 is 10.2 Å². The summed E-state index contributed by atoms with van der Waals surface area (Å²) in [5.74, 6) is 0.0901. The molecule has 168 valence electrons. The number of carbonyl (C=O) groups is 2. The molecule has 0 aliphatic carbocycles. The molecule has 3 amide bonds. The van der Waals surface area contributed by atoms with Crippen LogP contribution in [0, 0.1) is 11.8 Å². The van der Waals surface area contributed by atoms with E-state index in [0.29, 0.717) is 37.8 Å². The summed E-state index contributed by atoms with van der Waals surface area (Å²) in [5, 5.41) is 2.52. The normalized spacial score (nSPS) is 16.0. The largest absolute Gasteiger partial charge is 0.416 e. The Labute approximate surface area is 176 Å². The number of carbonyl (C=O) groups excluding carboxylic acids is 2. The van der Waals surface area contributed by atoms with Gasteiger partial charge in [0.05, 0.1) is 5.56 Å².